The standard InChI is InChI=1S/C20H23N3O/c1-13-6-7-15(11-17(13)19-5-3-4-9-21-19)22-20(24)23-10-8-16-14(2)18(16)12-23/h3-7,9,11,14,16,18H,8,10,12H2,1-2H3,(H,22,24)/t14?,16-,18+/m1/s1. The van der Waals surface area contributed by atoms with Crippen molar-refractivity contribution in [2.24, 2.45) is 17.8 Å². The molecule has 0 spiro atoms. The molecule has 1 aliphatic carbocycles. The second-order valence-corrected chi connectivity index (χ2v) is 7.10. The zero-order chi connectivity index (χ0) is 16.7. The predicted molar refractivity (Wildman–Crippen MR) is 95.8 cm³/mol. The van der Waals surface area contributed by atoms with Crippen molar-refractivity contribution in [3.63, 3.8) is 0 Å². The highest BCUT2D eigenvalue weighted by molar-refractivity contribution is 5.90. The van der Waals surface area contributed by atoms with Gasteiger partial charge in [0.05, 0.1) is 5.69 Å². The van der Waals surface area contributed by atoms with Crippen molar-refractivity contribution in [2.75, 3.05) is 18.4 Å². The Morgan fingerprint density at radius 2 is 2.12 bits per heavy atom. The molecule has 2 aliphatic rings. The van der Waals surface area contributed by atoms with Crippen LogP contribution < -0.4 is 5.32 Å². The Morgan fingerprint density at radius 1 is 1.25 bits per heavy atom. The largest absolute Gasteiger partial charge is 0.324 e. The summed E-state index contributed by atoms with van der Waals surface area (Å²) in [4.78, 5) is 19.0. The lowest BCUT2D eigenvalue weighted by Gasteiger charge is -2.26. The molecule has 2 fully saturated rings. The van der Waals surface area contributed by atoms with Gasteiger partial charge in [-0.2, -0.15) is 0 Å². The van der Waals surface area contributed by atoms with Gasteiger partial charge >= 0.3 is 6.03 Å². The van der Waals surface area contributed by atoms with Crippen LogP contribution in [0.1, 0.15) is 18.9 Å². The summed E-state index contributed by atoms with van der Waals surface area (Å²) in [6.45, 7) is 6.14. The summed E-state index contributed by atoms with van der Waals surface area (Å²) in [5.74, 6) is 2.36. The Kier molecular flexibility index (Phi) is 3.75. The normalized spacial score (nSPS) is 25.1. The quantitative estimate of drug-likeness (QED) is 0.902. The molecule has 1 unspecified atom stereocenters. The number of carbonyl (C=O) groups excluding carboxylic acids is 1. The van der Waals surface area contributed by atoms with Gasteiger partial charge in [-0.3, -0.25) is 4.98 Å². The van der Waals surface area contributed by atoms with Gasteiger partial charge in [0.15, 0.2) is 0 Å². The van der Waals surface area contributed by atoms with E-state index in [1.165, 1.54) is 0 Å². The van der Waals surface area contributed by atoms with Crippen molar-refractivity contribution in [3.05, 3.63) is 48.2 Å². The molecule has 0 radical (unpaired) electrons. The number of aryl methyl sites for hydroxylation is 1. The van der Waals surface area contributed by atoms with Crippen LogP contribution in [0.3, 0.4) is 0 Å². The molecule has 3 atom stereocenters. The number of pyridine rings is 1. The van der Waals surface area contributed by atoms with Gasteiger partial charge in [0.25, 0.3) is 0 Å². The van der Waals surface area contributed by atoms with Crippen molar-refractivity contribution >= 4 is 11.7 Å². The van der Waals surface area contributed by atoms with Gasteiger partial charge in [-0.05, 0) is 60.9 Å². The van der Waals surface area contributed by atoms with Gasteiger partial charge in [-0.25, -0.2) is 4.79 Å². The minimum Gasteiger partial charge on any atom is -0.324 e. The maximum Gasteiger partial charge on any atom is 0.321 e. The van der Waals surface area contributed by atoms with Gasteiger partial charge in [-0.1, -0.05) is 19.1 Å². The zero-order valence-corrected chi connectivity index (χ0v) is 14.2. The second-order valence-electron chi connectivity index (χ2n) is 7.10. The Hall–Kier alpha value is -2.36. The number of benzene rings is 1. The molecular weight excluding hydrogens is 298 g/mol. The molecule has 4 heteroatoms. The summed E-state index contributed by atoms with van der Waals surface area (Å²) in [7, 11) is 0. The van der Waals surface area contributed by atoms with Crippen molar-refractivity contribution in [3.8, 4) is 11.3 Å². The predicted octanol–water partition coefficient (Wildman–Crippen LogP) is 4.18. The molecule has 4 nitrogen and oxygen atoms in total. The Morgan fingerprint density at radius 3 is 2.88 bits per heavy atom. The number of piperidine rings is 1. The van der Waals surface area contributed by atoms with E-state index in [1.807, 2.05) is 41.3 Å². The lowest BCUT2D eigenvalue weighted by atomic mass is 10.0. The summed E-state index contributed by atoms with van der Waals surface area (Å²) in [6, 6.07) is 11.9. The number of amides is 2. The molecule has 1 saturated carbocycles. The number of rotatable bonds is 2. The maximum atomic E-state index is 12.6. The van der Waals surface area contributed by atoms with Crippen molar-refractivity contribution < 1.29 is 4.79 Å². The van der Waals surface area contributed by atoms with Gasteiger partial charge in [0.2, 0.25) is 0 Å². The summed E-state index contributed by atoms with van der Waals surface area (Å²) >= 11 is 0. The number of nitrogens with one attached hydrogen (secondary N) is 1. The molecular formula is C20H23N3O. The fourth-order valence-electron chi connectivity index (χ4n) is 3.95. The first-order valence-electron chi connectivity index (χ1n) is 8.71. The van der Waals surface area contributed by atoms with Crippen LogP contribution in [0.4, 0.5) is 10.5 Å². The molecule has 2 aromatic rings. The average molecular weight is 321 g/mol. The van der Waals surface area contributed by atoms with Gasteiger partial charge in [0, 0.05) is 30.5 Å². The molecule has 1 aromatic carbocycles. The fraction of sp³-hybridized carbons (Fsp3) is 0.400. The molecule has 2 heterocycles. The molecule has 1 aliphatic heterocycles. The average Bonchev–Trinajstić information content (AvgIpc) is 3.27. The topological polar surface area (TPSA) is 45.2 Å². The van der Waals surface area contributed by atoms with E-state index in [4.69, 9.17) is 0 Å². The van der Waals surface area contributed by atoms with Gasteiger partial charge in [0.1, 0.15) is 0 Å². The maximum absolute atomic E-state index is 12.6. The molecule has 0 bridgehead atoms. The van der Waals surface area contributed by atoms with E-state index in [0.29, 0.717) is 5.92 Å². The lowest BCUT2D eigenvalue weighted by Crippen LogP contribution is -2.39. The van der Waals surface area contributed by atoms with E-state index in [-0.39, 0.29) is 6.03 Å². The number of carbonyl (C=O) groups is 1. The fourth-order valence-corrected chi connectivity index (χ4v) is 3.95. The van der Waals surface area contributed by atoms with E-state index >= 15 is 0 Å². The van der Waals surface area contributed by atoms with Crippen molar-refractivity contribution in [1.82, 2.24) is 9.88 Å². The SMILES string of the molecule is Cc1ccc(NC(=O)N2CC[C@@H]3C(C)[C@@H]3C2)cc1-c1ccccn1. The van der Waals surface area contributed by atoms with E-state index in [1.54, 1.807) is 6.20 Å². The minimum absolute atomic E-state index is 0.0170. The van der Waals surface area contributed by atoms with Crippen molar-refractivity contribution in [2.45, 2.75) is 20.3 Å². The van der Waals surface area contributed by atoms with E-state index in [9.17, 15) is 4.79 Å². The smallest absolute Gasteiger partial charge is 0.321 e. The van der Waals surface area contributed by atoms with E-state index in [0.717, 1.165) is 53.9 Å². The third kappa shape index (κ3) is 2.77. The van der Waals surface area contributed by atoms with Crippen LogP contribution in [0, 0.1) is 24.7 Å². The van der Waals surface area contributed by atoms with Crippen LogP contribution in [0.25, 0.3) is 11.3 Å². The molecule has 2 amide bonds. The van der Waals surface area contributed by atoms with Crippen LogP contribution in [-0.2, 0) is 0 Å². The second kappa shape index (κ2) is 5.93. The summed E-state index contributed by atoms with van der Waals surface area (Å²) in [5, 5.41) is 3.06. The highest BCUT2D eigenvalue weighted by atomic mass is 16.2. The first-order valence-corrected chi connectivity index (χ1v) is 8.71. The first-order chi connectivity index (χ1) is 11.6. The molecule has 124 valence electrons. The molecule has 4 rings (SSSR count). The first kappa shape index (κ1) is 15.2. The number of likely N-dealkylation sites (tertiary alicyclic amines) is 1. The molecule has 1 aromatic heterocycles. The van der Waals surface area contributed by atoms with Crippen LogP contribution in [0.5, 0.6) is 0 Å². The highest BCUT2D eigenvalue weighted by Crippen LogP contribution is 2.51. The van der Waals surface area contributed by atoms with Gasteiger partial charge < -0.3 is 10.2 Å². The van der Waals surface area contributed by atoms with Crippen LogP contribution in [0.2, 0.25) is 0 Å². The number of fused-ring (bicyclic) bond motifs is 1. The number of nitrogens with zero attached hydrogens (tertiary/aromatic N) is 2. The Bertz CT molecular complexity index is 759. The minimum atomic E-state index is 0.0170. The molecule has 1 N–H and O–H groups in total. The number of anilines is 1. The van der Waals surface area contributed by atoms with Crippen LogP contribution >= 0.6 is 0 Å². The zero-order valence-electron chi connectivity index (χ0n) is 14.2. The molecule has 24 heavy (non-hydrogen) atoms. The summed E-state index contributed by atoms with van der Waals surface area (Å²) < 4.78 is 0. The van der Waals surface area contributed by atoms with Gasteiger partial charge in [-0.15, -0.1) is 0 Å². The lowest BCUT2D eigenvalue weighted by molar-refractivity contribution is 0.197. The van der Waals surface area contributed by atoms with Crippen LogP contribution in [0.15, 0.2) is 42.6 Å². The molecule has 1 saturated heterocycles. The highest BCUT2D eigenvalue weighted by Gasteiger charge is 2.50. The number of hydrogen-bond donors (Lipinski definition) is 1. The Balaban J connectivity index is 1.49. The third-order valence-electron chi connectivity index (χ3n) is 5.64. The number of aromatic nitrogens is 1. The monoisotopic (exact) mass is 321 g/mol. The third-order valence-corrected chi connectivity index (χ3v) is 5.64. The number of hydrogen-bond acceptors (Lipinski definition) is 2. The van der Waals surface area contributed by atoms with E-state index < -0.39 is 0 Å². The van der Waals surface area contributed by atoms with E-state index in [2.05, 4.69) is 24.1 Å². The van der Waals surface area contributed by atoms with Crippen LogP contribution in [-0.4, -0.2) is 29.0 Å². The van der Waals surface area contributed by atoms with Crippen molar-refractivity contribution in [1.29, 1.82) is 0 Å². The summed E-state index contributed by atoms with van der Waals surface area (Å²) in [6.07, 6.45) is 2.94. The number of urea groups is 1. The Labute approximate surface area is 142 Å². The summed E-state index contributed by atoms with van der Waals surface area (Å²) in [5.41, 5.74) is 3.97.